The lowest BCUT2D eigenvalue weighted by molar-refractivity contribution is -0.0292. The number of alkyl halides is 4. The number of halogens is 4. The summed E-state index contributed by atoms with van der Waals surface area (Å²) in [7, 11) is 0. The molecule has 0 aromatic carbocycles. The first kappa shape index (κ1) is 17.1. The summed E-state index contributed by atoms with van der Waals surface area (Å²) in [5.74, 6) is -2.69. The van der Waals surface area contributed by atoms with Crippen LogP contribution in [0.1, 0.15) is 65.2 Å². The van der Waals surface area contributed by atoms with Gasteiger partial charge < -0.3 is 0 Å². The first-order valence-electron chi connectivity index (χ1n) is 8.47. The Kier molecular flexibility index (Phi) is 5.59. The third-order valence-electron chi connectivity index (χ3n) is 5.70. The van der Waals surface area contributed by atoms with Crippen LogP contribution in [0.2, 0.25) is 0 Å². The molecule has 2 aliphatic carbocycles. The molecule has 0 radical (unpaired) electrons. The summed E-state index contributed by atoms with van der Waals surface area (Å²) in [5.41, 5.74) is 0. The second-order valence-corrected chi connectivity index (χ2v) is 7.35. The van der Waals surface area contributed by atoms with E-state index in [1.54, 1.807) is 0 Å². The summed E-state index contributed by atoms with van der Waals surface area (Å²) in [6, 6.07) is 0. The van der Waals surface area contributed by atoms with Crippen molar-refractivity contribution in [2.24, 2.45) is 23.7 Å². The second kappa shape index (κ2) is 6.87. The van der Waals surface area contributed by atoms with Gasteiger partial charge in [-0.1, -0.05) is 13.3 Å². The Hall–Kier alpha value is -0.280. The normalized spacial score (nSPS) is 42.0. The molecule has 0 N–H and O–H groups in total. The van der Waals surface area contributed by atoms with Crippen LogP contribution < -0.4 is 0 Å². The molecule has 0 amide bonds. The van der Waals surface area contributed by atoms with Crippen LogP contribution in [0.25, 0.3) is 0 Å². The summed E-state index contributed by atoms with van der Waals surface area (Å²) in [4.78, 5) is 0. The molecular formula is C17H28F4. The van der Waals surface area contributed by atoms with Crippen molar-refractivity contribution in [3.05, 3.63) is 0 Å². The van der Waals surface area contributed by atoms with Gasteiger partial charge in [0.05, 0.1) is 0 Å². The Labute approximate surface area is 125 Å². The smallest absolute Gasteiger partial charge is 0.244 e. The molecule has 0 nitrogen and oxygen atoms in total. The van der Waals surface area contributed by atoms with Crippen LogP contribution in [-0.4, -0.2) is 18.3 Å². The average molecular weight is 308 g/mol. The highest BCUT2D eigenvalue weighted by Crippen LogP contribution is 2.45. The summed E-state index contributed by atoms with van der Waals surface area (Å²) < 4.78 is 54.5. The summed E-state index contributed by atoms with van der Waals surface area (Å²) in [6.07, 6.45) is 2.56. The van der Waals surface area contributed by atoms with Gasteiger partial charge in [0.15, 0.2) is 0 Å². The highest BCUT2D eigenvalue weighted by molar-refractivity contribution is 4.92. The van der Waals surface area contributed by atoms with Crippen LogP contribution in [-0.2, 0) is 0 Å². The Morgan fingerprint density at radius 3 is 2.05 bits per heavy atom. The monoisotopic (exact) mass is 308 g/mol. The maximum atomic E-state index is 14.3. The Bertz CT molecular complexity index is 317. The van der Waals surface area contributed by atoms with E-state index in [-0.39, 0.29) is 30.1 Å². The van der Waals surface area contributed by atoms with Gasteiger partial charge in [0.1, 0.15) is 12.3 Å². The van der Waals surface area contributed by atoms with Crippen LogP contribution in [0.15, 0.2) is 0 Å². The van der Waals surface area contributed by atoms with Crippen molar-refractivity contribution in [1.29, 1.82) is 0 Å². The average Bonchev–Trinajstić information content (AvgIpc) is 2.41. The lowest BCUT2D eigenvalue weighted by Crippen LogP contribution is -2.42. The molecule has 0 spiro atoms. The fourth-order valence-corrected chi connectivity index (χ4v) is 4.47. The van der Waals surface area contributed by atoms with E-state index in [4.69, 9.17) is 0 Å². The SMILES string of the molecule is CCC1CCC(C2CCC(CC(C)(F)F)CC2)C(F)C1F. The van der Waals surface area contributed by atoms with Crippen molar-refractivity contribution < 1.29 is 17.6 Å². The molecule has 124 valence electrons. The Balaban J connectivity index is 1.85. The fraction of sp³-hybridized carbons (Fsp3) is 1.00. The zero-order valence-corrected chi connectivity index (χ0v) is 13.1. The third-order valence-corrected chi connectivity index (χ3v) is 5.70. The van der Waals surface area contributed by atoms with E-state index in [2.05, 4.69) is 0 Å². The van der Waals surface area contributed by atoms with Gasteiger partial charge in [-0.05, 0) is 69.1 Å². The maximum Gasteiger partial charge on any atom is 0.245 e. The minimum Gasteiger partial charge on any atom is -0.244 e. The zero-order chi connectivity index (χ0) is 15.6. The molecule has 4 atom stereocenters. The van der Waals surface area contributed by atoms with Crippen LogP contribution >= 0.6 is 0 Å². The van der Waals surface area contributed by atoms with E-state index in [1.165, 1.54) is 0 Å². The lowest BCUT2D eigenvalue weighted by atomic mass is 9.67. The van der Waals surface area contributed by atoms with E-state index < -0.39 is 18.3 Å². The maximum absolute atomic E-state index is 14.3. The molecule has 0 heterocycles. The molecule has 2 aliphatic rings. The van der Waals surface area contributed by atoms with E-state index in [0.717, 1.165) is 45.4 Å². The summed E-state index contributed by atoms with van der Waals surface area (Å²) in [5, 5.41) is 0. The number of hydrogen-bond acceptors (Lipinski definition) is 0. The van der Waals surface area contributed by atoms with E-state index >= 15 is 0 Å². The van der Waals surface area contributed by atoms with Crippen LogP contribution in [0, 0.1) is 23.7 Å². The van der Waals surface area contributed by atoms with Crippen molar-refractivity contribution in [1.82, 2.24) is 0 Å². The first-order chi connectivity index (χ1) is 9.81. The van der Waals surface area contributed by atoms with Gasteiger partial charge in [-0.15, -0.1) is 0 Å². The van der Waals surface area contributed by atoms with E-state index in [0.29, 0.717) is 6.42 Å². The number of rotatable bonds is 4. The molecule has 2 fully saturated rings. The van der Waals surface area contributed by atoms with Crippen molar-refractivity contribution in [2.75, 3.05) is 0 Å². The van der Waals surface area contributed by atoms with Gasteiger partial charge in [-0.2, -0.15) is 0 Å². The van der Waals surface area contributed by atoms with Gasteiger partial charge in [0.2, 0.25) is 5.92 Å². The highest BCUT2D eigenvalue weighted by Gasteiger charge is 2.43. The van der Waals surface area contributed by atoms with Crippen molar-refractivity contribution in [3.8, 4) is 0 Å². The number of hydrogen-bond donors (Lipinski definition) is 0. The molecule has 2 saturated carbocycles. The van der Waals surface area contributed by atoms with Crippen LogP contribution in [0.4, 0.5) is 17.6 Å². The molecule has 21 heavy (non-hydrogen) atoms. The van der Waals surface area contributed by atoms with E-state index in [9.17, 15) is 17.6 Å². The molecule has 0 bridgehead atoms. The standard InChI is InChI=1S/C17H28F4/c1-3-12-8-9-14(16(19)15(12)18)13-6-4-11(5-7-13)10-17(2,20)21/h11-16H,3-10H2,1-2H3. The van der Waals surface area contributed by atoms with Crippen LogP contribution in [0.3, 0.4) is 0 Å². The molecular weight excluding hydrogens is 280 g/mol. The summed E-state index contributed by atoms with van der Waals surface area (Å²) >= 11 is 0. The molecule has 0 aromatic rings. The van der Waals surface area contributed by atoms with Gasteiger partial charge in [-0.3, -0.25) is 0 Å². The minimum absolute atomic E-state index is 0.0486. The van der Waals surface area contributed by atoms with Gasteiger partial charge in [0, 0.05) is 6.42 Å². The topological polar surface area (TPSA) is 0 Å². The zero-order valence-electron chi connectivity index (χ0n) is 13.1. The molecule has 4 heteroatoms. The molecule has 2 rings (SSSR count). The third kappa shape index (κ3) is 4.35. The van der Waals surface area contributed by atoms with Crippen molar-refractivity contribution in [3.63, 3.8) is 0 Å². The summed E-state index contributed by atoms with van der Waals surface area (Å²) in [6.45, 7) is 2.89. The van der Waals surface area contributed by atoms with E-state index in [1.807, 2.05) is 6.92 Å². The van der Waals surface area contributed by atoms with Gasteiger partial charge in [-0.25, -0.2) is 17.6 Å². The van der Waals surface area contributed by atoms with Crippen LogP contribution in [0.5, 0.6) is 0 Å². The lowest BCUT2D eigenvalue weighted by Gasteiger charge is -2.41. The molecule has 4 unspecified atom stereocenters. The molecule has 0 aliphatic heterocycles. The van der Waals surface area contributed by atoms with Crippen molar-refractivity contribution >= 4 is 0 Å². The minimum atomic E-state index is -2.61. The molecule has 0 saturated heterocycles. The van der Waals surface area contributed by atoms with Gasteiger partial charge in [0.25, 0.3) is 0 Å². The van der Waals surface area contributed by atoms with Crippen molar-refractivity contribution in [2.45, 2.75) is 83.5 Å². The second-order valence-electron chi connectivity index (χ2n) is 7.35. The highest BCUT2D eigenvalue weighted by atomic mass is 19.3. The predicted octanol–water partition coefficient (Wildman–Crippen LogP) is 5.95. The molecule has 0 aromatic heterocycles. The predicted molar refractivity (Wildman–Crippen MR) is 77.0 cm³/mol. The first-order valence-corrected chi connectivity index (χ1v) is 8.47. The van der Waals surface area contributed by atoms with Gasteiger partial charge >= 0.3 is 0 Å². The largest absolute Gasteiger partial charge is 0.245 e. The quantitative estimate of drug-likeness (QED) is 0.563. The Morgan fingerprint density at radius 1 is 0.905 bits per heavy atom. The fourth-order valence-electron chi connectivity index (χ4n) is 4.47. The Morgan fingerprint density at radius 2 is 1.52 bits per heavy atom.